The van der Waals surface area contributed by atoms with Crippen molar-refractivity contribution in [3.05, 3.63) is 35.4 Å². The van der Waals surface area contributed by atoms with Crippen molar-refractivity contribution in [1.82, 2.24) is 10.2 Å². The normalized spacial score (nSPS) is 27.6. The molecule has 2 nitrogen and oxygen atoms in total. The molecule has 1 atom stereocenters. The van der Waals surface area contributed by atoms with E-state index in [0.29, 0.717) is 11.3 Å². The Kier molecular flexibility index (Phi) is 4.13. The maximum atomic E-state index is 3.56. The van der Waals surface area contributed by atoms with Crippen LogP contribution in [0.4, 0.5) is 0 Å². The molecule has 2 aliphatic rings. The van der Waals surface area contributed by atoms with E-state index in [1.807, 2.05) is 0 Å². The van der Waals surface area contributed by atoms with Crippen molar-refractivity contribution < 1.29 is 0 Å². The van der Waals surface area contributed by atoms with Crippen LogP contribution in [0.3, 0.4) is 0 Å². The summed E-state index contributed by atoms with van der Waals surface area (Å²) in [6, 6.07) is 9.25. The second-order valence-corrected chi connectivity index (χ2v) is 7.14. The molecule has 0 saturated carbocycles. The Bertz CT molecular complexity index is 429. The maximum Gasteiger partial charge on any atom is 0.0233 e. The number of benzene rings is 1. The SMILES string of the molecule is CC(C)c1ccc(CN2CCC[C@@]3(CCNC3)C2)cc1. The molecular formula is C18H28N2. The molecule has 2 saturated heterocycles. The van der Waals surface area contributed by atoms with Gasteiger partial charge in [-0.3, -0.25) is 4.90 Å². The Morgan fingerprint density at radius 3 is 2.65 bits per heavy atom. The van der Waals surface area contributed by atoms with E-state index in [4.69, 9.17) is 0 Å². The third kappa shape index (κ3) is 3.07. The van der Waals surface area contributed by atoms with Gasteiger partial charge in [0.2, 0.25) is 0 Å². The van der Waals surface area contributed by atoms with Crippen molar-refractivity contribution >= 4 is 0 Å². The lowest BCUT2D eigenvalue weighted by atomic mass is 9.79. The average molecular weight is 272 g/mol. The standard InChI is InChI=1S/C18H28N2/c1-15(2)17-6-4-16(5-7-17)12-20-11-3-8-18(14-20)9-10-19-13-18/h4-7,15,19H,3,8-14H2,1-2H3/t18-/m0/s1. The van der Waals surface area contributed by atoms with E-state index in [1.54, 1.807) is 0 Å². The number of rotatable bonds is 3. The van der Waals surface area contributed by atoms with E-state index in [1.165, 1.54) is 56.6 Å². The first-order valence-corrected chi connectivity index (χ1v) is 8.19. The topological polar surface area (TPSA) is 15.3 Å². The maximum absolute atomic E-state index is 3.56. The van der Waals surface area contributed by atoms with Crippen molar-refractivity contribution in [2.24, 2.45) is 5.41 Å². The van der Waals surface area contributed by atoms with Gasteiger partial charge in [0.1, 0.15) is 0 Å². The van der Waals surface area contributed by atoms with E-state index in [2.05, 4.69) is 48.3 Å². The van der Waals surface area contributed by atoms with Crippen LogP contribution < -0.4 is 5.32 Å². The van der Waals surface area contributed by atoms with Gasteiger partial charge in [-0.1, -0.05) is 38.1 Å². The zero-order chi connectivity index (χ0) is 14.0. The molecule has 1 aromatic carbocycles. The second kappa shape index (κ2) is 5.87. The molecule has 2 heteroatoms. The Balaban J connectivity index is 1.62. The predicted octanol–water partition coefficient (Wildman–Crippen LogP) is 3.39. The van der Waals surface area contributed by atoms with Crippen LogP contribution in [0.1, 0.15) is 50.2 Å². The molecule has 0 aliphatic carbocycles. The highest BCUT2D eigenvalue weighted by Crippen LogP contribution is 2.35. The van der Waals surface area contributed by atoms with E-state index in [9.17, 15) is 0 Å². The molecule has 1 N–H and O–H groups in total. The van der Waals surface area contributed by atoms with Gasteiger partial charge in [0, 0.05) is 19.6 Å². The van der Waals surface area contributed by atoms with Gasteiger partial charge < -0.3 is 5.32 Å². The Hall–Kier alpha value is -0.860. The van der Waals surface area contributed by atoms with Crippen LogP contribution in [0, 0.1) is 5.41 Å². The molecule has 2 heterocycles. The van der Waals surface area contributed by atoms with Crippen LogP contribution in [-0.2, 0) is 6.54 Å². The average Bonchev–Trinajstić information content (AvgIpc) is 2.87. The number of hydrogen-bond acceptors (Lipinski definition) is 2. The van der Waals surface area contributed by atoms with Crippen LogP contribution in [0.2, 0.25) is 0 Å². The third-order valence-electron chi connectivity index (χ3n) is 5.13. The molecule has 0 bridgehead atoms. The first-order valence-electron chi connectivity index (χ1n) is 8.19. The highest BCUT2D eigenvalue weighted by molar-refractivity contribution is 5.24. The first-order chi connectivity index (χ1) is 9.67. The molecule has 1 spiro atoms. The van der Waals surface area contributed by atoms with Gasteiger partial charge >= 0.3 is 0 Å². The quantitative estimate of drug-likeness (QED) is 0.907. The van der Waals surface area contributed by atoms with E-state index in [0.717, 1.165) is 6.54 Å². The van der Waals surface area contributed by atoms with Crippen LogP contribution in [-0.4, -0.2) is 31.1 Å². The highest BCUT2D eigenvalue weighted by Gasteiger charge is 2.37. The molecule has 20 heavy (non-hydrogen) atoms. The van der Waals surface area contributed by atoms with Crippen molar-refractivity contribution in [2.75, 3.05) is 26.2 Å². The molecule has 1 aromatic rings. The number of piperidine rings is 1. The van der Waals surface area contributed by atoms with Crippen molar-refractivity contribution in [2.45, 2.75) is 45.6 Å². The van der Waals surface area contributed by atoms with Gasteiger partial charge in [0.15, 0.2) is 0 Å². The zero-order valence-electron chi connectivity index (χ0n) is 13.0. The largest absolute Gasteiger partial charge is 0.316 e. The summed E-state index contributed by atoms with van der Waals surface area (Å²) in [6.45, 7) is 10.7. The van der Waals surface area contributed by atoms with Crippen LogP contribution >= 0.6 is 0 Å². The van der Waals surface area contributed by atoms with Gasteiger partial charge in [-0.15, -0.1) is 0 Å². The molecule has 2 aliphatic heterocycles. The Morgan fingerprint density at radius 2 is 2.00 bits per heavy atom. The predicted molar refractivity (Wildman–Crippen MR) is 85.0 cm³/mol. The van der Waals surface area contributed by atoms with Crippen LogP contribution in [0.15, 0.2) is 24.3 Å². The lowest BCUT2D eigenvalue weighted by molar-refractivity contribution is 0.0978. The minimum Gasteiger partial charge on any atom is -0.316 e. The number of nitrogens with one attached hydrogen (secondary N) is 1. The van der Waals surface area contributed by atoms with Gasteiger partial charge in [0.05, 0.1) is 0 Å². The molecular weight excluding hydrogens is 244 g/mol. The fourth-order valence-electron chi connectivity index (χ4n) is 3.86. The minimum absolute atomic E-state index is 0.579. The zero-order valence-corrected chi connectivity index (χ0v) is 13.0. The summed E-state index contributed by atoms with van der Waals surface area (Å²) in [5.41, 5.74) is 3.50. The van der Waals surface area contributed by atoms with Gasteiger partial charge in [-0.2, -0.15) is 0 Å². The molecule has 0 aromatic heterocycles. The van der Waals surface area contributed by atoms with Gasteiger partial charge in [-0.25, -0.2) is 0 Å². The van der Waals surface area contributed by atoms with Crippen LogP contribution in [0.25, 0.3) is 0 Å². The molecule has 2 fully saturated rings. The number of nitrogens with zero attached hydrogens (tertiary/aromatic N) is 1. The monoisotopic (exact) mass is 272 g/mol. The van der Waals surface area contributed by atoms with E-state index < -0.39 is 0 Å². The summed E-state index contributed by atoms with van der Waals surface area (Å²) >= 11 is 0. The summed E-state index contributed by atoms with van der Waals surface area (Å²) < 4.78 is 0. The smallest absolute Gasteiger partial charge is 0.0233 e. The Labute approximate surface area is 123 Å². The summed E-state index contributed by atoms with van der Waals surface area (Å²) in [7, 11) is 0. The third-order valence-corrected chi connectivity index (χ3v) is 5.13. The fraction of sp³-hybridized carbons (Fsp3) is 0.667. The Morgan fingerprint density at radius 1 is 1.20 bits per heavy atom. The summed E-state index contributed by atoms with van der Waals surface area (Å²) in [5, 5.41) is 3.56. The molecule has 0 unspecified atom stereocenters. The summed E-state index contributed by atoms with van der Waals surface area (Å²) in [4.78, 5) is 2.67. The molecule has 0 amide bonds. The summed E-state index contributed by atoms with van der Waals surface area (Å²) in [6.07, 6.45) is 4.16. The van der Waals surface area contributed by atoms with Gasteiger partial charge in [0.25, 0.3) is 0 Å². The lowest BCUT2D eigenvalue weighted by Gasteiger charge is -2.40. The first kappa shape index (κ1) is 14.1. The van der Waals surface area contributed by atoms with Gasteiger partial charge in [-0.05, 0) is 54.8 Å². The van der Waals surface area contributed by atoms with E-state index in [-0.39, 0.29) is 0 Å². The molecule has 0 radical (unpaired) electrons. The van der Waals surface area contributed by atoms with E-state index >= 15 is 0 Å². The summed E-state index contributed by atoms with van der Waals surface area (Å²) in [5.74, 6) is 0.631. The lowest BCUT2D eigenvalue weighted by Crippen LogP contribution is -2.43. The highest BCUT2D eigenvalue weighted by atomic mass is 15.1. The molecule has 3 rings (SSSR count). The number of likely N-dealkylation sites (tertiary alicyclic amines) is 1. The van der Waals surface area contributed by atoms with Crippen molar-refractivity contribution in [3.63, 3.8) is 0 Å². The number of hydrogen-bond donors (Lipinski definition) is 1. The van der Waals surface area contributed by atoms with Crippen molar-refractivity contribution in [1.29, 1.82) is 0 Å². The van der Waals surface area contributed by atoms with Crippen LogP contribution in [0.5, 0.6) is 0 Å². The second-order valence-electron chi connectivity index (χ2n) is 7.14. The van der Waals surface area contributed by atoms with Crippen molar-refractivity contribution in [3.8, 4) is 0 Å². The molecule has 110 valence electrons. The minimum atomic E-state index is 0.579. The fourth-order valence-corrected chi connectivity index (χ4v) is 3.86.